The number of ether oxygens (including phenoxy) is 2. The summed E-state index contributed by atoms with van der Waals surface area (Å²) >= 11 is 0. The lowest BCUT2D eigenvalue weighted by molar-refractivity contribution is -0.123. The van der Waals surface area contributed by atoms with Crippen molar-refractivity contribution in [3.63, 3.8) is 0 Å². The molecule has 5 nitrogen and oxygen atoms in total. The molecule has 1 N–H and O–H groups in total. The first kappa shape index (κ1) is 19.0. The normalized spacial score (nSPS) is 11.2. The van der Waals surface area contributed by atoms with E-state index in [1.54, 1.807) is 37.4 Å². The van der Waals surface area contributed by atoms with Crippen molar-refractivity contribution in [2.24, 2.45) is 0 Å². The Hall–Kier alpha value is -3.78. The van der Waals surface area contributed by atoms with Gasteiger partial charge in [-0.25, -0.2) is 0 Å². The third kappa shape index (κ3) is 4.49. The molecule has 0 aliphatic rings. The lowest BCUT2D eigenvalue weighted by Crippen LogP contribution is -2.26. The smallest absolute Gasteiger partial charge is 0.270 e. The minimum atomic E-state index is -0.889. The van der Waals surface area contributed by atoms with Crippen LogP contribution in [0, 0.1) is 18.3 Å². The molecule has 0 saturated carbocycles. The fourth-order valence-corrected chi connectivity index (χ4v) is 2.79. The third-order valence-electron chi connectivity index (χ3n) is 4.17. The summed E-state index contributed by atoms with van der Waals surface area (Å²) in [5.41, 5.74) is 2.73. The van der Waals surface area contributed by atoms with Gasteiger partial charge in [0.1, 0.15) is 11.5 Å². The minimum Gasteiger partial charge on any atom is -0.495 e. The van der Waals surface area contributed by atoms with Gasteiger partial charge in [0.25, 0.3) is 5.91 Å². The monoisotopic (exact) mass is 372 g/mol. The Balaban J connectivity index is 1.92. The second kappa shape index (κ2) is 8.74. The van der Waals surface area contributed by atoms with Gasteiger partial charge < -0.3 is 14.8 Å². The number of nitrogens with one attached hydrogen (secondary N) is 1. The van der Waals surface area contributed by atoms with E-state index in [9.17, 15) is 4.79 Å². The topological polar surface area (TPSA) is 71.3 Å². The second-order valence-electron chi connectivity index (χ2n) is 6.24. The zero-order chi connectivity index (χ0) is 19.9. The summed E-state index contributed by atoms with van der Waals surface area (Å²) in [6, 6.07) is 23.6. The van der Waals surface area contributed by atoms with Crippen molar-refractivity contribution in [1.29, 1.82) is 5.26 Å². The fraction of sp³-hybridized carbons (Fsp3) is 0.130. The number of nitriles is 1. The number of hydrogen-bond donors (Lipinski definition) is 1. The molecule has 1 atom stereocenters. The Morgan fingerprint density at radius 3 is 2.54 bits per heavy atom. The van der Waals surface area contributed by atoms with Crippen LogP contribution in [0.3, 0.4) is 0 Å². The van der Waals surface area contributed by atoms with E-state index in [2.05, 4.69) is 11.4 Å². The molecule has 0 fully saturated rings. The van der Waals surface area contributed by atoms with Gasteiger partial charge in [0.2, 0.25) is 6.10 Å². The molecular formula is C23H20N2O3. The number of amides is 1. The third-order valence-corrected chi connectivity index (χ3v) is 4.17. The van der Waals surface area contributed by atoms with Crippen molar-refractivity contribution in [3.05, 3.63) is 89.5 Å². The fourth-order valence-electron chi connectivity index (χ4n) is 2.79. The predicted molar refractivity (Wildman–Crippen MR) is 107 cm³/mol. The highest BCUT2D eigenvalue weighted by molar-refractivity contribution is 5.96. The molecule has 0 heterocycles. The maximum Gasteiger partial charge on any atom is 0.270 e. The highest BCUT2D eigenvalue weighted by atomic mass is 16.5. The number of aryl methyl sites for hydroxylation is 1. The molecular weight excluding hydrogens is 352 g/mol. The van der Waals surface area contributed by atoms with Gasteiger partial charge in [0.15, 0.2) is 0 Å². The molecule has 0 radical (unpaired) electrons. The van der Waals surface area contributed by atoms with E-state index in [-0.39, 0.29) is 5.91 Å². The summed E-state index contributed by atoms with van der Waals surface area (Å²) in [6.45, 7) is 1.94. The highest BCUT2D eigenvalue weighted by Gasteiger charge is 2.24. The molecule has 0 aliphatic heterocycles. The van der Waals surface area contributed by atoms with Crippen LogP contribution in [0.15, 0.2) is 72.8 Å². The minimum absolute atomic E-state index is 0.336. The zero-order valence-electron chi connectivity index (χ0n) is 15.7. The Kier molecular flexibility index (Phi) is 5.93. The van der Waals surface area contributed by atoms with Crippen LogP contribution in [-0.2, 0) is 4.79 Å². The van der Waals surface area contributed by atoms with Gasteiger partial charge in [0.05, 0.1) is 24.4 Å². The summed E-state index contributed by atoms with van der Waals surface area (Å²) in [5, 5.41) is 12.0. The van der Waals surface area contributed by atoms with Crippen molar-refractivity contribution >= 4 is 11.6 Å². The van der Waals surface area contributed by atoms with Crippen LogP contribution in [0.4, 0.5) is 5.69 Å². The Morgan fingerprint density at radius 2 is 1.82 bits per heavy atom. The van der Waals surface area contributed by atoms with Gasteiger partial charge in [-0.1, -0.05) is 42.5 Å². The molecule has 1 amide bonds. The standard InChI is InChI=1S/C23H20N2O3/c1-16-11-12-21(27-2)20(13-16)25-23(26)22(18-8-4-3-5-9-18)28-19-10-6-7-17(14-19)15-24/h3-14,22H,1-2H3,(H,25,26)/t22-/m0/s1. The summed E-state index contributed by atoms with van der Waals surface area (Å²) < 4.78 is 11.3. The van der Waals surface area contributed by atoms with Gasteiger partial charge in [-0.2, -0.15) is 5.26 Å². The van der Waals surface area contributed by atoms with Gasteiger partial charge in [-0.15, -0.1) is 0 Å². The van der Waals surface area contributed by atoms with Crippen LogP contribution in [0.5, 0.6) is 11.5 Å². The average Bonchev–Trinajstić information content (AvgIpc) is 2.73. The molecule has 0 aliphatic carbocycles. The molecule has 0 unspecified atom stereocenters. The number of anilines is 1. The Bertz CT molecular complexity index is 1010. The van der Waals surface area contributed by atoms with E-state index in [1.165, 1.54) is 0 Å². The van der Waals surface area contributed by atoms with E-state index in [4.69, 9.17) is 14.7 Å². The molecule has 3 rings (SSSR count). The number of carbonyl (C=O) groups excluding carboxylic acids is 1. The molecule has 0 aromatic heterocycles. The van der Waals surface area contributed by atoms with E-state index in [1.807, 2.05) is 49.4 Å². The van der Waals surface area contributed by atoms with Gasteiger partial charge in [-0.3, -0.25) is 4.79 Å². The van der Waals surface area contributed by atoms with Crippen molar-refractivity contribution in [2.45, 2.75) is 13.0 Å². The van der Waals surface area contributed by atoms with Crippen LogP contribution < -0.4 is 14.8 Å². The number of benzene rings is 3. The lowest BCUT2D eigenvalue weighted by atomic mass is 10.1. The first-order chi connectivity index (χ1) is 13.6. The van der Waals surface area contributed by atoms with Crippen LogP contribution in [0.1, 0.15) is 22.8 Å². The molecule has 5 heteroatoms. The summed E-state index contributed by atoms with van der Waals surface area (Å²) in [5.74, 6) is 0.675. The molecule has 0 saturated heterocycles. The van der Waals surface area contributed by atoms with Crippen molar-refractivity contribution in [1.82, 2.24) is 0 Å². The number of rotatable bonds is 6. The second-order valence-corrected chi connectivity index (χ2v) is 6.24. The van der Waals surface area contributed by atoms with Crippen LogP contribution >= 0.6 is 0 Å². The van der Waals surface area contributed by atoms with Crippen molar-refractivity contribution < 1.29 is 14.3 Å². The summed E-state index contributed by atoms with van der Waals surface area (Å²) in [4.78, 5) is 13.1. The van der Waals surface area contributed by atoms with Crippen molar-refractivity contribution in [2.75, 3.05) is 12.4 Å². The number of carbonyl (C=O) groups is 1. The van der Waals surface area contributed by atoms with Gasteiger partial charge in [0, 0.05) is 5.56 Å². The van der Waals surface area contributed by atoms with Crippen LogP contribution in [0.25, 0.3) is 0 Å². The van der Waals surface area contributed by atoms with E-state index in [0.717, 1.165) is 5.56 Å². The Morgan fingerprint density at radius 1 is 1.04 bits per heavy atom. The molecule has 3 aromatic rings. The number of methoxy groups -OCH3 is 1. The summed E-state index contributed by atoms with van der Waals surface area (Å²) in [7, 11) is 1.55. The predicted octanol–water partition coefficient (Wildman–Crippen LogP) is 4.63. The van der Waals surface area contributed by atoms with E-state index in [0.29, 0.717) is 28.3 Å². The quantitative estimate of drug-likeness (QED) is 0.684. The largest absolute Gasteiger partial charge is 0.495 e. The maximum atomic E-state index is 13.1. The van der Waals surface area contributed by atoms with E-state index >= 15 is 0 Å². The lowest BCUT2D eigenvalue weighted by Gasteiger charge is -2.20. The first-order valence-corrected chi connectivity index (χ1v) is 8.78. The average molecular weight is 372 g/mol. The number of nitrogens with zero attached hydrogens (tertiary/aromatic N) is 1. The van der Waals surface area contributed by atoms with Gasteiger partial charge in [-0.05, 0) is 42.8 Å². The molecule has 28 heavy (non-hydrogen) atoms. The highest BCUT2D eigenvalue weighted by Crippen LogP contribution is 2.29. The molecule has 3 aromatic carbocycles. The van der Waals surface area contributed by atoms with E-state index < -0.39 is 6.10 Å². The molecule has 140 valence electrons. The summed E-state index contributed by atoms with van der Waals surface area (Å²) in [6.07, 6.45) is -0.889. The van der Waals surface area contributed by atoms with Crippen LogP contribution in [-0.4, -0.2) is 13.0 Å². The SMILES string of the molecule is COc1ccc(C)cc1NC(=O)[C@@H](Oc1cccc(C#N)c1)c1ccccc1. The zero-order valence-corrected chi connectivity index (χ0v) is 15.7. The van der Waals surface area contributed by atoms with Crippen LogP contribution in [0.2, 0.25) is 0 Å². The number of hydrogen-bond acceptors (Lipinski definition) is 4. The Labute approximate surface area is 164 Å². The maximum absolute atomic E-state index is 13.1. The molecule has 0 spiro atoms. The van der Waals surface area contributed by atoms with Gasteiger partial charge >= 0.3 is 0 Å². The first-order valence-electron chi connectivity index (χ1n) is 8.78. The molecule has 0 bridgehead atoms. The van der Waals surface area contributed by atoms with Crippen molar-refractivity contribution in [3.8, 4) is 17.6 Å².